The maximum absolute atomic E-state index is 12.7. The van der Waals surface area contributed by atoms with Crippen LogP contribution in [0.1, 0.15) is 58.1 Å². The van der Waals surface area contributed by atoms with Crippen molar-refractivity contribution in [1.82, 2.24) is 15.0 Å². The third-order valence-corrected chi connectivity index (χ3v) is 9.96. The van der Waals surface area contributed by atoms with E-state index in [1.165, 1.54) is 35.8 Å². The number of ether oxygens (including phenoxy) is 2. The normalized spacial score (nSPS) is 17.4. The lowest BCUT2D eigenvalue weighted by Crippen LogP contribution is -2.44. The van der Waals surface area contributed by atoms with E-state index in [9.17, 15) is 14.7 Å². The summed E-state index contributed by atoms with van der Waals surface area (Å²) in [6, 6.07) is 11.0. The number of hydrogen-bond donors (Lipinski definition) is 1. The molecule has 222 valence electrons. The first-order valence-electron chi connectivity index (χ1n) is 13.7. The van der Waals surface area contributed by atoms with E-state index in [2.05, 4.69) is 22.1 Å². The summed E-state index contributed by atoms with van der Waals surface area (Å²) in [7, 11) is 3.60. The van der Waals surface area contributed by atoms with E-state index >= 15 is 0 Å². The zero-order chi connectivity index (χ0) is 29.7. The molecule has 0 amide bonds. The Kier molecular flexibility index (Phi) is 9.74. The minimum Gasteiger partial charge on any atom is -0.496 e. The number of carboxylic acids is 1. The van der Waals surface area contributed by atoms with Gasteiger partial charge >= 0.3 is 5.97 Å². The smallest absolute Gasteiger partial charge is 0.347 e. The molecule has 1 aliphatic rings. The first kappa shape index (κ1) is 30.4. The van der Waals surface area contributed by atoms with Crippen LogP contribution in [0.5, 0.6) is 5.75 Å². The molecule has 3 heterocycles. The fraction of sp³-hybridized carbons (Fsp3) is 0.400. The van der Waals surface area contributed by atoms with E-state index < -0.39 is 11.6 Å². The molecule has 5 rings (SSSR count). The molecule has 1 fully saturated rings. The average Bonchev–Trinajstić information content (AvgIpc) is 3.80. The van der Waals surface area contributed by atoms with Gasteiger partial charge in [-0.25, -0.2) is 4.79 Å². The Morgan fingerprint density at radius 3 is 2.45 bits per heavy atom. The van der Waals surface area contributed by atoms with Gasteiger partial charge in [-0.05, 0) is 80.7 Å². The van der Waals surface area contributed by atoms with E-state index in [-0.39, 0.29) is 6.10 Å². The maximum atomic E-state index is 12.7. The molecule has 1 saturated carbocycles. The van der Waals surface area contributed by atoms with Crippen LogP contribution in [0.4, 0.5) is 0 Å². The van der Waals surface area contributed by atoms with Crippen LogP contribution in [0.2, 0.25) is 5.02 Å². The highest BCUT2D eigenvalue weighted by atomic mass is 35.5. The molecule has 1 N–H and O–H groups in total. The highest BCUT2D eigenvalue weighted by molar-refractivity contribution is 7.12. The number of carbonyl (C=O) groups excluding carboxylic acids is 1. The highest BCUT2D eigenvalue weighted by Crippen LogP contribution is 2.42. The summed E-state index contributed by atoms with van der Waals surface area (Å²) in [5, 5.41) is 18.6. The number of carboxylic acid groups (broad SMARTS) is 1. The number of aromatic nitrogens is 2. The van der Waals surface area contributed by atoms with Gasteiger partial charge in [-0.15, -0.1) is 22.7 Å². The number of carbonyl (C=O) groups is 2. The first-order chi connectivity index (χ1) is 20.3. The number of aldehydes is 1. The van der Waals surface area contributed by atoms with Gasteiger partial charge in [0.15, 0.2) is 6.29 Å². The van der Waals surface area contributed by atoms with Crippen LogP contribution < -0.4 is 4.74 Å². The lowest BCUT2D eigenvalue weighted by Gasteiger charge is -2.38. The van der Waals surface area contributed by atoms with Gasteiger partial charge in [-0.2, -0.15) is 4.98 Å². The van der Waals surface area contributed by atoms with Crippen LogP contribution in [-0.2, 0) is 21.6 Å². The third-order valence-electron chi connectivity index (χ3n) is 7.70. The molecule has 9 nitrogen and oxygen atoms in total. The molecule has 4 aromatic rings. The van der Waals surface area contributed by atoms with Crippen molar-refractivity contribution in [2.75, 3.05) is 20.7 Å². The SMILES string of the molecule is COc1cc(-c2noc(CCCN(C)C3CCC(OC(C(=O)O)(c4cccs4)c4cccs4)CC3)n2)c(Cl)cc1C=O. The van der Waals surface area contributed by atoms with Crippen LogP contribution in [0.25, 0.3) is 11.4 Å². The van der Waals surface area contributed by atoms with Gasteiger partial charge in [0.1, 0.15) is 5.75 Å². The van der Waals surface area contributed by atoms with Crippen molar-refractivity contribution in [3.05, 3.63) is 73.4 Å². The number of methoxy groups -OCH3 is 1. The number of halogens is 1. The minimum absolute atomic E-state index is 0.141. The Bertz CT molecular complexity index is 1450. The van der Waals surface area contributed by atoms with Gasteiger partial charge in [0, 0.05) is 18.0 Å². The number of rotatable bonds is 13. The number of hydrogen-bond acceptors (Lipinski definition) is 10. The van der Waals surface area contributed by atoms with E-state index in [4.69, 9.17) is 25.6 Å². The molecule has 3 aromatic heterocycles. The van der Waals surface area contributed by atoms with Gasteiger partial charge in [-0.3, -0.25) is 4.79 Å². The zero-order valence-electron chi connectivity index (χ0n) is 23.3. The molecule has 0 bridgehead atoms. The molecule has 0 unspecified atom stereocenters. The molecule has 1 aromatic carbocycles. The van der Waals surface area contributed by atoms with Gasteiger partial charge in [0.2, 0.25) is 17.3 Å². The fourth-order valence-corrected chi connectivity index (χ4v) is 7.51. The molecular formula is C30H32ClN3O6S2. The molecule has 0 saturated heterocycles. The average molecular weight is 630 g/mol. The molecule has 0 atom stereocenters. The number of benzene rings is 1. The summed E-state index contributed by atoms with van der Waals surface area (Å²) in [5.41, 5.74) is -0.583. The van der Waals surface area contributed by atoms with Gasteiger partial charge in [0.05, 0.1) is 33.6 Å². The Morgan fingerprint density at radius 1 is 1.19 bits per heavy atom. The lowest BCUT2D eigenvalue weighted by molar-refractivity contribution is -0.170. The summed E-state index contributed by atoms with van der Waals surface area (Å²) in [6.07, 6.45) is 5.42. The van der Waals surface area contributed by atoms with Crippen molar-refractivity contribution < 1.29 is 28.7 Å². The molecular weight excluding hydrogens is 598 g/mol. The Labute approximate surface area is 257 Å². The summed E-state index contributed by atoms with van der Waals surface area (Å²) in [6.45, 7) is 0.847. The van der Waals surface area contributed by atoms with E-state index in [0.29, 0.717) is 62.1 Å². The number of aliphatic carboxylic acids is 1. The molecule has 0 radical (unpaired) electrons. The summed E-state index contributed by atoms with van der Waals surface area (Å²) >= 11 is 9.17. The highest BCUT2D eigenvalue weighted by Gasteiger charge is 2.48. The molecule has 12 heteroatoms. The van der Waals surface area contributed by atoms with Crippen LogP contribution in [0, 0.1) is 0 Å². The quantitative estimate of drug-likeness (QED) is 0.164. The van der Waals surface area contributed by atoms with E-state index in [1.54, 1.807) is 6.07 Å². The zero-order valence-corrected chi connectivity index (χ0v) is 25.7. The fourth-order valence-electron chi connectivity index (χ4n) is 5.45. The van der Waals surface area contributed by atoms with Gasteiger partial charge in [0.25, 0.3) is 0 Å². The van der Waals surface area contributed by atoms with Crippen LogP contribution in [0.15, 0.2) is 51.7 Å². The van der Waals surface area contributed by atoms with Crippen molar-refractivity contribution in [2.24, 2.45) is 0 Å². The minimum atomic E-state index is -1.47. The number of thiophene rings is 2. The van der Waals surface area contributed by atoms with Crippen molar-refractivity contribution >= 4 is 46.5 Å². The predicted octanol–water partition coefficient (Wildman–Crippen LogP) is 6.55. The van der Waals surface area contributed by atoms with E-state index in [1.807, 2.05) is 35.0 Å². The topological polar surface area (TPSA) is 115 Å². The number of nitrogens with zero attached hydrogens (tertiary/aromatic N) is 3. The third kappa shape index (κ3) is 6.30. The predicted molar refractivity (Wildman–Crippen MR) is 162 cm³/mol. The van der Waals surface area contributed by atoms with Gasteiger partial charge in [-0.1, -0.05) is 28.9 Å². The van der Waals surface area contributed by atoms with Crippen molar-refractivity contribution in [3.63, 3.8) is 0 Å². The van der Waals surface area contributed by atoms with Crippen LogP contribution in [0.3, 0.4) is 0 Å². The summed E-state index contributed by atoms with van der Waals surface area (Å²) < 4.78 is 17.2. The van der Waals surface area contributed by atoms with Crippen molar-refractivity contribution in [3.8, 4) is 17.1 Å². The largest absolute Gasteiger partial charge is 0.496 e. The van der Waals surface area contributed by atoms with Crippen LogP contribution in [-0.4, -0.2) is 65.3 Å². The molecule has 0 aliphatic heterocycles. The lowest BCUT2D eigenvalue weighted by atomic mass is 9.90. The van der Waals surface area contributed by atoms with E-state index in [0.717, 1.165) is 38.6 Å². The summed E-state index contributed by atoms with van der Waals surface area (Å²) in [5.74, 6) is 0.275. The standard InChI is InChI=1S/C30H32ClN3O6S2/c1-34(13-3-8-27-32-28(33-40-27)22-17-24(38-2)19(18-35)16-23(22)31)20-9-11-21(12-10-20)39-30(29(36)37,25-6-4-14-41-25)26-7-5-15-42-26/h4-7,14-18,20-21H,3,8-13H2,1-2H3,(H,36,37). The second kappa shape index (κ2) is 13.5. The second-order valence-electron chi connectivity index (χ2n) is 10.3. The Balaban J connectivity index is 1.14. The Morgan fingerprint density at radius 2 is 1.88 bits per heavy atom. The molecule has 42 heavy (non-hydrogen) atoms. The Hall–Kier alpha value is -3.09. The molecule has 1 aliphatic carbocycles. The monoisotopic (exact) mass is 629 g/mol. The van der Waals surface area contributed by atoms with Crippen LogP contribution >= 0.6 is 34.3 Å². The van der Waals surface area contributed by atoms with Gasteiger partial charge < -0.3 is 24.0 Å². The first-order valence-corrected chi connectivity index (χ1v) is 15.8. The summed E-state index contributed by atoms with van der Waals surface area (Å²) in [4.78, 5) is 32.2. The second-order valence-corrected chi connectivity index (χ2v) is 12.6. The molecule has 0 spiro atoms. The maximum Gasteiger partial charge on any atom is 0.347 e. The van der Waals surface area contributed by atoms with Crippen molar-refractivity contribution in [2.45, 2.75) is 56.3 Å². The van der Waals surface area contributed by atoms with Crippen molar-refractivity contribution in [1.29, 1.82) is 0 Å². The number of aryl methyl sites for hydroxylation is 1.